The van der Waals surface area contributed by atoms with E-state index in [9.17, 15) is 9.59 Å². The third-order valence-electron chi connectivity index (χ3n) is 4.76. The van der Waals surface area contributed by atoms with Crippen molar-refractivity contribution in [3.05, 3.63) is 64.7 Å². The number of hydrogen-bond donors (Lipinski definition) is 3. The summed E-state index contributed by atoms with van der Waals surface area (Å²) in [6.45, 7) is 7.62. The van der Waals surface area contributed by atoms with Gasteiger partial charge in [-0.1, -0.05) is 11.8 Å². The number of hydrazine groups is 1. The van der Waals surface area contributed by atoms with E-state index < -0.39 is 11.7 Å². The first-order valence-corrected chi connectivity index (χ1v) is 10.8. The average molecular weight is 464 g/mol. The largest absolute Gasteiger partial charge is 0.444 e. The number of carbonyl (C=O) groups is 2. The van der Waals surface area contributed by atoms with Crippen LogP contribution in [0.1, 0.15) is 47.8 Å². The van der Waals surface area contributed by atoms with Gasteiger partial charge in [0.15, 0.2) is 0 Å². The van der Waals surface area contributed by atoms with E-state index in [1.165, 1.54) is 0 Å². The summed E-state index contributed by atoms with van der Waals surface area (Å²) in [4.78, 5) is 24.3. The predicted molar refractivity (Wildman–Crippen MR) is 135 cm³/mol. The molecule has 0 radical (unpaired) electrons. The number of rotatable bonds is 5. The van der Waals surface area contributed by atoms with Gasteiger partial charge < -0.3 is 10.1 Å². The van der Waals surface area contributed by atoms with Crippen molar-refractivity contribution >= 4 is 23.5 Å². The van der Waals surface area contributed by atoms with E-state index in [0.29, 0.717) is 17.7 Å². The Labute approximate surface area is 201 Å². The fraction of sp³-hybridized carbons (Fsp3) is 0.346. The van der Waals surface area contributed by atoms with Crippen molar-refractivity contribution in [1.29, 1.82) is 5.41 Å². The van der Waals surface area contributed by atoms with E-state index in [-0.39, 0.29) is 11.7 Å². The Kier molecular flexibility index (Phi) is 8.82. The monoisotopic (exact) mass is 463 g/mol. The Morgan fingerprint density at radius 2 is 1.71 bits per heavy atom. The molecule has 0 atom stereocenters. The molecule has 0 aromatic heterocycles. The first kappa shape index (κ1) is 26.4. The van der Waals surface area contributed by atoms with Crippen LogP contribution < -0.4 is 10.6 Å². The van der Waals surface area contributed by atoms with E-state index in [2.05, 4.69) is 22.5 Å². The van der Waals surface area contributed by atoms with Crippen molar-refractivity contribution in [2.75, 3.05) is 33.0 Å². The molecule has 8 heteroatoms. The quantitative estimate of drug-likeness (QED) is 0.271. The zero-order valence-corrected chi connectivity index (χ0v) is 20.9. The fourth-order valence-corrected chi connectivity index (χ4v) is 2.86. The molecule has 8 nitrogen and oxygen atoms in total. The maximum Gasteiger partial charge on any atom is 0.413 e. The Morgan fingerprint density at radius 3 is 2.26 bits per heavy atom. The number of benzene rings is 2. The number of nitrogens with zero attached hydrogens (tertiary/aromatic N) is 2. The summed E-state index contributed by atoms with van der Waals surface area (Å²) in [5.74, 6) is 6.07. The summed E-state index contributed by atoms with van der Waals surface area (Å²) < 4.78 is 5.16. The van der Waals surface area contributed by atoms with Gasteiger partial charge in [0.1, 0.15) is 11.4 Å². The Balaban J connectivity index is 1.92. The molecule has 2 amide bonds. The van der Waals surface area contributed by atoms with Crippen LogP contribution in [0.4, 0.5) is 10.5 Å². The van der Waals surface area contributed by atoms with Crippen molar-refractivity contribution in [3.63, 3.8) is 0 Å². The molecule has 2 aromatic carbocycles. The SMILES string of the molecule is Cc1cc(C#CCNc2ccc(C(=N)NC(=O)OC(C)(C)C)cc2)ccc1C(=O)N(C)N(C)C. The van der Waals surface area contributed by atoms with Crippen molar-refractivity contribution in [1.82, 2.24) is 15.3 Å². The Morgan fingerprint density at radius 1 is 1.06 bits per heavy atom. The molecule has 3 N–H and O–H groups in total. The number of nitrogens with one attached hydrogen (secondary N) is 3. The van der Waals surface area contributed by atoms with E-state index in [0.717, 1.165) is 16.8 Å². The summed E-state index contributed by atoms with van der Waals surface area (Å²) in [7, 11) is 5.37. The number of hydrogen-bond acceptors (Lipinski definition) is 6. The van der Waals surface area contributed by atoms with Crippen molar-refractivity contribution in [3.8, 4) is 11.8 Å². The summed E-state index contributed by atoms with van der Waals surface area (Å²) in [6, 6.07) is 12.6. The highest BCUT2D eigenvalue weighted by Gasteiger charge is 2.17. The predicted octanol–water partition coefficient (Wildman–Crippen LogP) is 3.86. The van der Waals surface area contributed by atoms with E-state index >= 15 is 0 Å². The Hall–Kier alpha value is -3.83. The van der Waals surface area contributed by atoms with Gasteiger partial charge in [-0.2, -0.15) is 0 Å². The second-order valence-corrected chi connectivity index (χ2v) is 8.94. The molecule has 2 rings (SSSR count). The standard InChI is InChI=1S/C26H33N5O3/c1-18-17-19(10-15-22(18)24(32)31(7)30(5)6)9-8-16-28-21-13-11-20(12-14-21)23(27)29-25(33)34-26(2,3)4/h10-15,17,28H,16H2,1-7H3,(H2,27,29,33). The van der Waals surface area contributed by atoms with Gasteiger partial charge >= 0.3 is 6.09 Å². The van der Waals surface area contributed by atoms with Crippen molar-refractivity contribution in [2.24, 2.45) is 0 Å². The van der Waals surface area contributed by atoms with Crippen LogP contribution in [0, 0.1) is 24.2 Å². The van der Waals surface area contributed by atoms with Crippen LogP contribution in [0.3, 0.4) is 0 Å². The number of carbonyl (C=O) groups excluding carboxylic acids is 2. The smallest absolute Gasteiger partial charge is 0.413 e. The van der Waals surface area contributed by atoms with Crippen LogP contribution in [0.25, 0.3) is 0 Å². The van der Waals surface area contributed by atoms with Gasteiger partial charge in [0, 0.05) is 43.5 Å². The van der Waals surface area contributed by atoms with Gasteiger partial charge in [0.05, 0.1) is 6.54 Å². The maximum absolute atomic E-state index is 12.5. The molecule has 0 aliphatic heterocycles. The first-order valence-electron chi connectivity index (χ1n) is 10.8. The zero-order chi connectivity index (χ0) is 25.5. The van der Waals surface area contributed by atoms with Gasteiger partial charge in [-0.15, -0.1) is 0 Å². The molecule has 0 saturated heterocycles. The van der Waals surface area contributed by atoms with Crippen LogP contribution in [-0.2, 0) is 4.74 Å². The molecular weight excluding hydrogens is 430 g/mol. The molecule has 34 heavy (non-hydrogen) atoms. The number of amides is 2. The molecule has 0 aliphatic carbocycles. The third-order valence-corrected chi connectivity index (χ3v) is 4.76. The van der Waals surface area contributed by atoms with Crippen LogP contribution in [0.5, 0.6) is 0 Å². The normalized spacial score (nSPS) is 10.7. The lowest BCUT2D eigenvalue weighted by atomic mass is 10.0. The van der Waals surface area contributed by atoms with Gasteiger partial charge in [0.25, 0.3) is 5.91 Å². The molecule has 0 spiro atoms. The Bertz CT molecular complexity index is 1110. The number of amidine groups is 1. The number of aryl methyl sites for hydroxylation is 1. The lowest BCUT2D eigenvalue weighted by Gasteiger charge is -2.24. The summed E-state index contributed by atoms with van der Waals surface area (Å²) in [5, 5.41) is 16.9. The summed E-state index contributed by atoms with van der Waals surface area (Å²) in [5.41, 5.74) is 3.13. The molecule has 0 fully saturated rings. The number of alkyl carbamates (subject to hydrolysis) is 1. The number of ether oxygens (including phenoxy) is 1. The average Bonchev–Trinajstić information content (AvgIpc) is 2.74. The highest BCUT2D eigenvalue weighted by atomic mass is 16.6. The lowest BCUT2D eigenvalue weighted by Crippen LogP contribution is -2.38. The summed E-state index contributed by atoms with van der Waals surface area (Å²) >= 11 is 0. The topological polar surface area (TPSA) is 97.8 Å². The molecule has 0 aliphatic rings. The first-order chi connectivity index (χ1) is 15.9. The molecular formula is C26H33N5O3. The van der Waals surface area contributed by atoms with Crippen LogP contribution in [-0.4, -0.2) is 61.1 Å². The minimum Gasteiger partial charge on any atom is -0.444 e. The third kappa shape index (κ3) is 7.94. The fourth-order valence-electron chi connectivity index (χ4n) is 2.86. The van der Waals surface area contributed by atoms with Crippen molar-refractivity contribution < 1.29 is 14.3 Å². The summed E-state index contributed by atoms with van der Waals surface area (Å²) in [6.07, 6.45) is -0.660. The molecule has 0 heterocycles. The molecule has 0 unspecified atom stereocenters. The second kappa shape index (κ2) is 11.3. The van der Waals surface area contributed by atoms with E-state index in [4.69, 9.17) is 10.1 Å². The highest BCUT2D eigenvalue weighted by Crippen LogP contribution is 2.14. The van der Waals surface area contributed by atoms with Crippen LogP contribution >= 0.6 is 0 Å². The zero-order valence-electron chi connectivity index (χ0n) is 20.9. The molecule has 0 bridgehead atoms. The van der Waals surface area contributed by atoms with Crippen LogP contribution in [0.15, 0.2) is 42.5 Å². The maximum atomic E-state index is 12.5. The molecule has 0 saturated carbocycles. The lowest BCUT2D eigenvalue weighted by molar-refractivity contribution is 0.0340. The highest BCUT2D eigenvalue weighted by molar-refractivity contribution is 6.04. The van der Waals surface area contributed by atoms with Gasteiger partial charge in [0.2, 0.25) is 0 Å². The number of anilines is 1. The molecule has 2 aromatic rings. The van der Waals surface area contributed by atoms with E-state index in [1.807, 2.05) is 45.3 Å². The minimum absolute atomic E-state index is 0.0327. The second-order valence-electron chi connectivity index (χ2n) is 8.94. The van der Waals surface area contributed by atoms with Crippen molar-refractivity contribution in [2.45, 2.75) is 33.3 Å². The van der Waals surface area contributed by atoms with Crippen LogP contribution in [0.2, 0.25) is 0 Å². The van der Waals surface area contributed by atoms with Gasteiger partial charge in [-0.3, -0.25) is 20.5 Å². The van der Waals surface area contributed by atoms with Gasteiger partial charge in [-0.05, 0) is 75.7 Å². The minimum atomic E-state index is -0.660. The van der Waals surface area contributed by atoms with E-state index in [1.54, 1.807) is 56.0 Å². The molecule has 180 valence electrons. The van der Waals surface area contributed by atoms with Gasteiger partial charge in [-0.25, -0.2) is 9.80 Å².